The summed E-state index contributed by atoms with van der Waals surface area (Å²) < 4.78 is 0. The van der Waals surface area contributed by atoms with Gasteiger partial charge >= 0.3 is 0 Å². The van der Waals surface area contributed by atoms with Crippen LogP contribution in [0.1, 0.15) is 431 Å². The van der Waals surface area contributed by atoms with Crippen LogP contribution < -0.4 is 5.32 Å². The Labute approximate surface area is 522 Å². The summed E-state index contributed by atoms with van der Waals surface area (Å²) in [7, 11) is 0. The average Bonchev–Trinajstić information content (AvgIpc) is 3.51. The molecule has 490 valence electrons. The van der Waals surface area contributed by atoms with Crippen LogP contribution in [-0.4, -0.2) is 34.9 Å². The standard InChI is InChI=1S/C79H151NO3/c1-3-5-7-9-11-13-15-17-19-21-23-25-27-29-31-33-35-37-38-39-40-41-42-43-45-47-49-51-53-55-57-59-61-63-65-67-69-71-73-75-79(83)80-77(76-81)78(82)74-72-70-68-66-64-62-60-58-56-54-52-50-48-46-44-36-34-32-30-28-26-24-22-20-18-16-14-12-10-8-6-4-2/h15,17,21,23,27,29,72,74,77-78,81-82H,3-14,16,18-20,22,24-26,28,30-71,73,75-76H2,1-2H3,(H,80,83)/b17-15-,23-21-,29-27-,74-72+. The van der Waals surface area contributed by atoms with Gasteiger partial charge in [0.1, 0.15) is 0 Å². The summed E-state index contributed by atoms with van der Waals surface area (Å²) in [4.78, 5) is 12.6. The molecule has 0 heterocycles. The van der Waals surface area contributed by atoms with Crippen molar-refractivity contribution in [1.82, 2.24) is 5.32 Å². The van der Waals surface area contributed by atoms with E-state index in [1.807, 2.05) is 6.08 Å². The number of aliphatic hydroxyl groups is 2. The molecule has 0 fully saturated rings. The molecule has 0 aliphatic carbocycles. The highest BCUT2D eigenvalue weighted by Crippen LogP contribution is 2.20. The third kappa shape index (κ3) is 71.0. The number of carbonyl (C=O) groups excluding carboxylic acids is 1. The second-order valence-electron chi connectivity index (χ2n) is 26.4. The Morgan fingerprint density at radius 1 is 0.289 bits per heavy atom. The molecular formula is C79H151NO3. The van der Waals surface area contributed by atoms with E-state index in [4.69, 9.17) is 0 Å². The minimum absolute atomic E-state index is 0.0549. The van der Waals surface area contributed by atoms with E-state index in [0.717, 1.165) is 38.5 Å². The lowest BCUT2D eigenvalue weighted by Gasteiger charge is -2.20. The third-order valence-electron chi connectivity index (χ3n) is 18.1. The van der Waals surface area contributed by atoms with Gasteiger partial charge < -0.3 is 15.5 Å². The van der Waals surface area contributed by atoms with Gasteiger partial charge in [0.15, 0.2) is 0 Å². The number of nitrogens with one attached hydrogen (secondary N) is 1. The van der Waals surface area contributed by atoms with E-state index < -0.39 is 12.1 Å². The summed E-state index contributed by atoms with van der Waals surface area (Å²) >= 11 is 0. The maximum absolute atomic E-state index is 12.6. The molecule has 3 N–H and O–H groups in total. The van der Waals surface area contributed by atoms with Crippen LogP contribution in [0.15, 0.2) is 48.6 Å². The fourth-order valence-electron chi connectivity index (χ4n) is 12.3. The predicted octanol–water partition coefficient (Wildman–Crippen LogP) is 26.4. The average molecular weight is 1160 g/mol. The molecule has 4 nitrogen and oxygen atoms in total. The molecule has 0 aromatic heterocycles. The molecule has 2 unspecified atom stereocenters. The van der Waals surface area contributed by atoms with Crippen LogP contribution in [-0.2, 0) is 4.79 Å². The Morgan fingerprint density at radius 2 is 0.494 bits per heavy atom. The molecule has 0 saturated carbocycles. The SMILES string of the molecule is CCCCCCC/C=C\C/C=C\C/C=C\CCCCCCCCCCCCCCCCCCCCCCCCCCC(=O)NC(CO)C(O)/C=C/CCCCCCCCCCCCCCCCCCCCCCCCCCCCCCCC. The highest BCUT2D eigenvalue weighted by molar-refractivity contribution is 5.76. The number of carbonyl (C=O) groups is 1. The number of aliphatic hydroxyl groups excluding tert-OH is 2. The van der Waals surface area contributed by atoms with E-state index in [2.05, 4.69) is 55.6 Å². The molecule has 0 rings (SSSR count). The summed E-state index contributed by atoms with van der Waals surface area (Å²) in [6.45, 7) is 4.35. The Bertz CT molecular complexity index is 1320. The van der Waals surface area contributed by atoms with Gasteiger partial charge in [-0.25, -0.2) is 0 Å². The van der Waals surface area contributed by atoms with E-state index >= 15 is 0 Å². The van der Waals surface area contributed by atoms with Crippen molar-refractivity contribution in [3.8, 4) is 0 Å². The molecule has 4 heteroatoms. The Kier molecular flexibility index (Phi) is 73.1. The fraction of sp³-hybridized carbons (Fsp3) is 0.886. The normalized spacial score (nSPS) is 12.9. The molecule has 0 saturated heterocycles. The van der Waals surface area contributed by atoms with Crippen LogP contribution in [0.4, 0.5) is 0 Å². The second kappa shape index (κ2) is 74.6. The van der Waals surface area contributed by atoms with Crippen LogP contribution in [0.3, 0.4) is 0 Å². The van der Waals surface area contributed by atoms with E-state index in [9.17, 15) is 15.0 Å². The molecule has 1 amide bonds. The molecule has 2 atom stereocenters. The number of amides is 1. The smallest absolute Gasteiger partial charge is 0.220 e. The Balaban J connectivity index is 3.40. The Morgan fingerprint density at radius 3 is 0.735 bits per heavy atom. The highest BCUT2D eigenvalue weighted by atomic mass is 16.3. The van der Waals surface area contributed by atoms with Crippen molar-refractivity contribution in [2.45, 2.75) is 443 Å². The van der Waals surface area contributed by atoms with E-state index in [-0.39, 0.29) is 12.5 Å². The van der Waals surface area contributed by atoms with Gasteiger partial charge in [0, 0.05) is 6.42 Å². The highest BCUT2D eigenvalue weighted by Gasteiger charge is 2.18. The lowest BCUT2D eigenvalue weighted by Crippen LogP contribution is -2.45. The van der Waals surface area contributed by atoms with Gasteiger partial charge in [-0.05, 0) is 57.8 Å². The van der Waals surface area contributed by atoms with Gasteiger partial charge in [0.25, 0.3) is 0 Å². The summed E-state index contributed by atoms with van der Waals surface area (Å²) in [6, 6.07) is -0.623. The minimum Gasteiger partial charge on any atom is -0.394 e. The van der Waals surface area contributed by atoms with Crippen LogP contribution in [0, 0.1) is 0 Å². The first-order valence-electron chi connectivity index (χ1n) is 38.4. The number of rotatable bonds is 72. The van der Waals surface area contributed by atoms with Crippen molar-refractivity contribution in [2.24, 2.45) is 0 Å². The molecule has 0 radical (unpaired) electrons. The third-order valence-corrected chi connectivity index (χ3v) is 18.1. The lowest BCUT2D eigenvalue weighted by atomic mass is 10.0. The van der Waals surface area contributed by atoms with Gasteiger partial charge in [-0.15, -0.1) is 0 Å². The number of allylic oxidation sites excluding steroid dienone is 7. The summed E-state index contributed by atoms with van der Waals surface area (Å²) in [6.07, 6.45) is 105. The van der Waals surface area contributed by atoms with Gasteiger partial charge in [-0.2, -0.15) is 0 Å². The number of unbranched alkanes of at least 4 members (excludes halogenated alkanes) is 59. The quantitative estimate of drug-likeness (QED) is 0.0420. The summed E-state index contributed by atoms with van der Waals surface area (Å²) in [5.41, 5.74) is 0. The van der Waals surface area contributed by atoms with Crippen molar-refractivity contribution in [3.63, 3.8) is 0 Å². The van der Waals surface area contributed by atoms with Crippen molar-refractivity contribution in [2.75, 3.05) is 6.61 Å². The van der Waals surface area contributed by atoms with Gasteiger partial charge in [0.2, 0.25) is 5.91 Å². The molecule has 83 heavy (non-hydrogen) atoms. The van der Waals surface area contributed by atoms with Gasteiger partial charge in [-0.1, -0.05) is 416 Å². The fourth-order valence-corrected chi connectivity index (χ4v) is 12.3. The zero-order chi connectivity index (χ0) is 59.8. The first kappa shape index (κ1) is 81.3. The molecular weight excluding hydrogens is 1010 g/mol. The van der Waals surface area contributed by atoms with Crippen LogP contribution in [0.2, 0.25) is 0 Å². The molecule has 0 aromatic rings. The maximum Gasteiger partial charge on any atom is 0.220 e. The van der Waals surface area contributed by atoms with Crippen molar-refractivity contribution in [1.29, 1.82) is 0 Å². The first-order valence-corrected chi connectivity index (χ1v) is 38.4. The number of hydrogen-bond donors (Lipinski definition) is 3. The topological polar surface area (TPSA) is 69.6 Å². The summed E-state index contributed by atoms with van der Waals surface area (Å²) in [5.74, 6) is -0.0549. The lowest BCUT2D eigenvalue weighted by molar-refractivity contribution is -0.123. The van der Waals surface area contributed by atoms with Crippen molar-refractivity contribution in [3.05, 3.63) is 48.6 Å². The van der Waals surface area contributed by atoms with Crippen molar-refractivity contribution >= 4 is 5.91 Å². The molecule has 0 bridgehead atoms. The predicted molar refractivity (Wildman–Crippen MR) is 373 cm³/mol. The van der Waals surface area contributed by atoms with Crippen LogP contribution >= 0.6 is 0 Å². The van der Waals surface area contributed by atoms with Crippen LogP contribution in [0.5, 0.6) is 0 Å². The van der Waals surface area contributed by atoms with Gasteiger partial charge in [-0.3, -0.25) is 4.79 Å². The summed E-state index contributed by atoms with van der Waals surface area (Å²) in [5, 5.41) is 23.4. The zero-order valence-corrected chi connectivity index (χ0v) is 56.7. The molecule has 0 aliphatic heterocycles. The zero-order valence-electron chi connectivity index (χ0n) is 56.7. The molecule has 0 spiro atoms. The van der Waals surface area contributed by atoms with E-state index in [1.165, 1.54) is 372 Å². The van der Waals surface area contributed by atoms with Gasteiger partial charge in [0.05, 0.1) is 18.8 Å². The molecule has 0 aromatic carbocycles. The van der Waals surface area contributed by atoms with E-state index in [0.29, 0.717) is 6.42 Å². The first-order chi connectivity index (χ1) is 41.2. The monoisotopic (exact) mass is 1160 g/mol. The number of hydrogen-bond acceptors (Lipinski definition) is 3. The Hall–Kier alpha value is -1.65. The van der Waals surface area contributed by atoms with Crippen molar-refractivity contribution < 1.29 is 15.0 Å². The maximum atomic E-state index is 12.6. The van der Waals surface area contributed by atoms with Crippen LogP contribution in [0.25, 0.3) is 0 Å². The molecule has 0 aliphatic rings. The second-order valence-corrected chi connectivity index (χ2v) is 26.4. The van der Waals surface area contributed by atoms with E-state index in [1.54, 1.807) is 6.08 Å². The minimum atomic E-state index is -0.840. The largest absolute Gasteiger partial charge is 0.394 e.